The highest BCUT2D eigenvalue weighted by atomic mass is 16.5. The third-order valence-corrected chi connectivity index (χ3v) is 2.91. The van der Waals surface area contributed by atoms with E-state index in [9.17, 15) is 4.79 Å². The van der Waals surface area contributed by atoms with Crippen molar-refractivity contribution in [3.8, 4) is 5.75 Å². The maximum Gasteiger partial charge on any atom is 0.224 e. The van der Waals surface area contributed by atoms with E-state index in [1.807, 2.05) is 25.1 Å². The number of amides is 1. The van der Waals surface area contributed by atoms with E-state index in [4.69, 9.17) is 10.5 Å². The van der Waals surface area contributed by atoms with Crippen LogP contribution in [0.5, 0.6) is 5.75 Å². The molecule has 1 atom stereocenters. The van der Waals surface area contributed by atoms with Crippen LogP contribution in [-0.4, -0.2) is 19.1 Å². The van der Waals surface area contributed by atoms with Crippen LogP contribution in [0.1, 0.15) is 18.9 Å². The molecule has 0 spiro atoms. The van der Waals surface area contributed by atoms with E-state index >= 15 is 0 Å². The van der Waals surface area contributed by atoms with Gasteiger partial charge >= 0.3 is 0 Å². The number of carbonyl (C=O) groups excluding carboxylic acids is 1. The lowest BCUT2D eigenvalue weighted by Gasteiger charge is -2.18. The number of ether oxygens (including phenoxy) is 1. The van der Waals surface area contributed by atoms with Gasteiger partial charge in [-0.15, -0.1) is 0 Å². The average molecular weight is 234 g/mol. The Hall–Kier alpha value is -1.55. The molecule has 0 bridgehead atoms. The first-order valence-corrected chi connectivity index (χ1v) is 5.94. The Morgan fingerprint density at radius 2 is 2.29 bits per heavy atom. The molecule has 1 aromatic carbocycles. The number of nitrogens with two attached hydrogens (primary N) is 1. The van der Waals surface area contributed by atoms with E-state index in [2.05, 4.69) is 5.32 Å². The molecular weight excluding hydrogens is 216 g/mol. The Bertz CT molecular complexity index is 418. The smallest absolute Gasteiger partial charge is 0.224 e. The summed E-state index contributed by atoms with van der Waals surface area (Å²) in [4.78, 5) is 11.3. The summed E-state index contributed by atoms with van der Waals surface area (Å²) in [6, 6.07) is 5.84. The second-order valence-electron chi connectivity index (χ2n) is 4.52. The molecule has 1 unspecified atom stereocenters. The van der Waals surface area contributed by atoms with Crippen molar-refractivity contribution in [3.05, 3.63) is 23.8 Å². The van der Waals surface area contributed by atoms with Crippen LogP contribution in [-0.2, 0) is 11.2 Å². The first-order chi connectivity index (χ1) is 8.19. The van der Waals surface area contributed by atoms with Gasteiger partial charge in [0.05, 0.1) is 6.61 Å². The summed E-state index contributed by atoms with van der Waals surface area (Å²) in [6.07, 6.45) is 1.37. The van der Waals surface area contributed by atoms with Crippen LogP contribution in [0.2, 0.25) is 0 Å². The third-order valence-electron chi connectivity index (χ3n) is 2.91. The lowest BCUT2D eigenvalue weighted by molar-refractivity contribution is -0.116. The molecule has 17 heavy (non-hydrogen) atoms. The molecule has 1 amide bonds. The van der Waals surface area contributed by atoms with E-state index in [1.54, 1.807) is 0 Å². The van der Waals surface area contributed by atoms with Crippen molar-refractivity contribution in [3.63, 3.8) is 0 Å². The molecule has 1 aliphatic heterocycles. The zero-order valence-corrected chi connectivity index (χ0v) is 10.0. The molecule has 0 radical (unpaired) electrons. The number of fused-ring (bicyclic) bond motifs is 1. The summed E-state index contributed by atoms with van der Waals surface area (Å²) in [5, 5.41) is 2.86. The van der Waals surface area contributed by atoms with Gasteiger partial charge in [0.25, 0.3) is 0 Å². The molecule has 4 heteroatoms. The second-order valence-corrected chi connectivity index (χ2v) is 4.52. The van der Waals surface area contributed by atoms with Crippen LogP contribution in [0.4, 0.5) is 5.69 Å². The Morgan fingerprint density at radius 3 is 3.06 bits per heavy atom. The van der Waals surface area contributed by atoms with Crippen molar-refractivity contribution in [2.75, 3.05) is 18.5 Å². The van der Waals surface area contributed by atoms with Crippen molar-refractivity contribution >= 4 is 11.6 Å². The summed E-state index contributed by atoms with van der Waals surface area (Å²) in [5.41, 5.74) is 7.57. The van der Waals surface area contributed by atoms with Crippen LogP contribution >= 0.6 is 0 Å². The molecular formula is C13H18N2O2. The standard InChI is InChI=1S/C13H18N2O2/c1-9(7-14)8-17-11-4-2-10-3-5-13(16)15-12(10)6-11/h2,4,6,9H,3,5,7-8,14H2,1H3,(H,15,16). The fourth-order valence-electron chi connectivity index (χ4n) is 1.75. The minimum atomic E-state index is 0.0741. The van der Waals surface area contributed by atoms with Crippen molar-refractivity contribution in [2.45, 2.75) is 19.8 Å². The number of hydrogen-bond donors (Lipinski definition) is 2. The topological polar surface area (TPSA) is 64.3 Å². The van der Waals surface area contributed by atoms with Crippen LogP contribution in [0.25, 0.3) is 0 Å². The van der Waals surface area contributed by atoms with Gasteiger partial charge in [-0.25, -0.2) is 0 Å². The fraction of sp³-hybridized carbons (Fsp3) is 0.462. The Labute approximate surface area is 101 Å². The van der Waals surface area contributed by atoms with E-state index < -0.39 is 0 Å². The molecule has 1 aromatic rings. The molecule has 3 N–H and O–H groups in total. The number of rotatable bonds is 4. The monoisotopic (exact) mass is 234 g/mol. The summed E-state index contributed by atoms with van der Waals surface area (Å²) in [6.45, 7) is 3.26. The molecule has 0 saturated carbocycles. The molecule has 2 rings (SSSR count). The number of aryl methyl sites for hydroxylation is 1. The van der Waals surface area contributed by atoms with Crippen molar-refractivity contribution in [1.29, 1.82) is 0 Å². The highest BCUT2D eigenvalue weighted by Crippen LogP contribution is 2.27. The summed E-state index contributed by atoms with van der Waals surface area (Å²) in [5.74, 6) is 1.19. The maximum atomic E-state index is 11.3. The molecule has 0 saturated heterocycles. The van der Waals surface area contributed by atoms with Gasteiger partial charge in [-0.05, 0) is 24.6 Å². The normalized spacial score (nSPS) is 16.0. The lowest BCUT2D eigenvalue weighted by Crippen LogP contribution is -2.20. The zero-order chi connectivity index (χ0) is 12.3. The van der Waals surface area contributed by atoms with E-state index in [0.29, 0.717) is 25.5 Å². The second kappa shape index (κ2) is 5.19. The van der Waals surface area contributed by atoms with Gasteiger partial charge < -0.3 is 15.8 Å². The highest BCUT2D eigenvalue weighted by molar-refractivity contribution is 5.94. The summed E-state index contributed by atoms with van der Waals surface area (Å²) in [7, 11) is 0. The lowest BCUT2D eigenvalue weighted by atomic mass is 10.0. The third kappa shape index (κ3) is 2.97. The van der Waals surface area contributed by atoms with Gasteiger partial charge in [0.15, 0.2) is 0 Å². The average Bonchev–Trinajstić information content (AvgIpc) is 2.35. The van der Waals surface area contributed by atoms with Gasteiger partial charge in [0.2, 0.25) is 5.91 Å². The number of nitrogens with one attached hydrogen (secondary N) is 1. The SMILES string of the molecule is CC(CN)COc1ccc2c(c1)NC(=O)CC2. The van der Waals surface area contributed by atoms with Crippen molar-refractivity contribution in [2.24, 2.45) is 11.7 Å². The van der Waals surface area contributed by atoms with Crippen LogP contribution in [0, 0.1) is 5.92 Å². The van der Waals surface area contributed by atoms with Gasteiger partial charge in [0, 0.05) is 24.1 Å². The van der Waals surface area contributed by atoms with Gasteiger partial charge in [0.1, 0.15) is 5.75 Å². The summed E-state index contributed by atoms with van der Waals surface area (Å²) >= 11 is 0. The Kier molecular flexibility index (Phi) is 3.64. The van der Waals surface area contributed by atoms with Crippen molar-refractivity contribution in [1.82, 2.24) is 0 Å². The number of carbonyl (C=O) groups is 1. The minimum absolute atomic E-state index is 0.0741. The first-order valence-electron chi connectivity index (χ1n) is 5.94. The predicted molar refractivity (Wildman–Crippen MR) is 67.1 cm³/mol. The van der Waals surface area contributed by atoms with E-state index in [1.165, 1.54) is 5.56 Å². The van der Waals surface area contributed by atoms with E-state index in [-0.39, 0.29) is 5.91 Å². The van der Waals surface area contributed by atoms with Gasteiger partial charge in [-0.3, -0.25) is 4.79 Å². The van der Waals surface area contributed by atoms with Crippen LogP contribution in [0.15, 0.2) is 18.2 Å². The molecule has 1 aliphatic rings. The Morgan fingerprint density at radius 1 is 1.47 bits per heavy atom. The number of benzene rings is 1. The quantitative estimate of drug-likeness (QED) is 0.830. The molecule has 0 fully saturated rings. The van der Waals surface area contributed by atoms with Gasteiger partial charge in [-0.2, -0.15) is 0 Å². The molecule has 4 nitrogen and oxygen atoms in total. The largest absolute Gasteiger partial charge is 0.493 e. The van der Waals surface area contributed by atoms with Crippen molar-refractivity contribution < 1.29 is 9.53 Å². The van der Waals surface area contributed by atoms with Crippen LogP contribution < -0.4 is 15.8 Å². The number of anilines is 1. The fourth-order valence-corrected chi connectivity index (χ4v) is 1.75. The Balaban J connectivity index is 2.05. The summed E-state index contributed by atoms with van der Waals surface area (Å²) < 4.78 is 5.63. The molecule has 0 aliphatic carbocycles. The molecule has 1 heterocycles. The molecule has 0 aromatic heterocycles. The zero-order valence-electron chi connectivity index (χ0n) is 10.0. The maximum absolute atomic E-state index is 11.3. The minimum Gasteiger partial charge on any atom is -0.493 e. The van der Waals surface area contributed by atoms with Crippen LogP contribution in [0.3, 0.4) is 0 Å². The number of hydrogen-bond acceptors (Lipinski definition) is 3. The highest BCUT2D eigenvalue weighted by Gasteiger charge is 2.15. The predicted octanol–water partition coefficient (Wildman–Crippen LogP) is 1.54. The first kappa shape index (κ1) is 11.9. The van der Waals surface area contributed by atoms with Gasteiger partial charge in [-0.1, -0.05) is 13.0 Å². The van der Waals surface area contributed by atoms with E-state index in [0.717, 1.165) is 17.9 Å². The molecule has 92 valence electrons.